The summed E-state index contributed by atoms with van der Waals surface area (Å²) in [6.45, 7) is 8.09. The average molecular weight is 491 g/mol. The first-order valence-electron chi connectivity index (χ1n) is 11.6. The molecule has 4 aliphatic carbocycles. The van der Waals surface area contributed by atoms with Gasteiger partial charge in [0, 0.05) is 36.7 Å². The third-order valence-electron chi connectivity index (χ3n) is 8.63. The Morgan fingerprint density at radius 2 is 1.88 bits per heavy atom. The Kier molecular flexibility index (Phi) is 5.97. The van der Waals surface area contributed by atoms with E-state index in [-0.39, 0.29) is 42.2 Å². The number of carbonyl (C=O) groups is 4. The van der Waals surface area contributed by atoms with Crippen molar-refractivity contribution in [2.24, 2.45) is 34.5 Å². The normalized spacial score (nSPS) is 42.6. The van der Waals surface area contributed by atoms with Gasteiger partial charge in [0.15, 0.2) is 11.6 Å². The molecule has 4 rings (SSSR count). The largest absolute Gasteiger partial charge is 0.458 e. The molecule has 184 valence electrons. The summed E-state index contributed by atoms with van der Waals surface area (Å²) in [5, 5.41) is 11.6. The first kappa shape index (κ1) is 24.9. The predicted molar refractivity (Wildman–Crippen MR) is 123 cm³/mol. The maximum Gasteiger partial charge on any atom is 0.308 e. The topological polar surface area (TPSA) is 107 Å². The van der Waals surface area contributed by atoms with Crippen molar-refractivity contribution in [1.82, 2.24) is 0 Å². The highest BCUT2D eigenvalue weighted by atomic mass is 35.5. The zero-order valence-electron chi connectivity index (χ0n) is 20.1. The lowest BCUT2D eigenvalue weighted by Gasteiger charge is -2.61. The Hall–Kier alpha value is -2.25. The van der Waals surface area contributed by atoms with Crippen molar-refractivity contribution in [3.63, 3.8) is 0 Å². The van der Waals surface area contributed by atoms with Gasteiger partial charge in [-0.05, 0) is 48.3 Å². The van der Waals surface area contributed by atoms with Crippen LogP contribution in [-0.2, 0) is 28.7 Å². The number of aliphatic hydroxyl groups is 1. The molecule has 0 radical (unpaired) electrons. The highest BCUT2D eigenvalue weighted by Gasteiger charge is 2.70. The molecule has 1 N–H and O–H groups in total. The Morgan fingerprint density at radius 3 is 2.50 bits per heavy atom. The Labute approximate surface area is 204 Å². The fourth-order valence-electron chi connectivity index (χ4n) is 7.32. The molecule has 0 bridgehead atoms. The number of fused-ring (bicyclic) bond motifs is 5. The second kappa shape index (κ2) is 8.16. The molecule has 0 aliphatic heterocycles. The number of Topliss-reactive ketones (excluding diaryl/α,β-unsaturated/α-hetero) is 1. The number of hydrogen-bond acceptors (Lipinski definition) is 7. The Balaban J connectivity index is 1.84. The van der Waals surface area contributed by atoms with E-state index in [0.29, 0.717) is 12.0 Å². The van der Waals surface area contributed by atoms with E-state index in [1.54, 1.807) is 12.2 Å². The highest BCUT2D eigenvalue weighted by Crippen LogP contribution is 2.70. The van der Waals surface area contributed by atoms with E-state index in [9.17, 15) is 24.3 Å². The smallest absolute Gasteiger partial charge is 0.308 e. The molecule has 2 fully saturated rings. The second-order valence-electron chi connectivity index (χ2n) is 10.7. The molecule has 2 saturated carbocycles. The molecule has 0 spiro atoms. The van der Waals surface area contributed by atoms with Crippen molar-refractivity contribution in [1.29, 1.82) is 0 Å². The van der Waals surface area contributed by atoms with E-state index < -0.39 is 45.6 Å². The van der Waals surface area contributed by atoms with Crippen molar-refractivity contribution in [2.45, 2.75) is 58.4 Å². The van der Waals surface area contributed by atoms with Gasteiger partial charge < -0.3 is 14.6 Å². The van der Waals surface area contributed by atoms with Crippen LogP contribution < -0.4 is 0 Å². The van der Waals surface area contributed by atoms with Gasteiger partial charge in [-0.1, -0.05) is 26.8 Å². The van der Waals surface area contributed by atoms with Crippen LogP contribution in [0.5, 0.6) is 0 Å². The molecule has 7 nitrogen and oxygen atoms in total. The van der Waals surface area contributed by atoms with E-state index in [1.807, 2.05) is 20.8 Å². The van der Waals surface area contributed by atoms with Crippen LogP contribution in [0.25, 0.3) is 0 Å². The van der Waals surface area contributed by atoms with Gasteiger partial charge >= 0.3 is 11.9 Å². The van der Waals surface area contributed by atoms with Gasteiger partial charge in [-0.2, -0.15) is 0 Å². The molecule has 8 atom stereocenters. The van der Waals surface area contributed by atoms with Gasteiger partial charge in [0.05, 0.1) is 11.0 Å². The summed E-state index contributed by atoms with van der Waals surface area (Å²) < 4.78 is 10.6. The van der Waals surface area contributed by atoms with Gasteiger partial charge in [-0.25, -0.2) is 0 Å². The van der Waals surface area contributed by atoms with Crippen LogP contribution in [0.3, 0.4) is 0 Å². The number of alkyl halides is 1. The number of halogens is 1. The molecule has 0 aromatic carbocycles. The zero-order chi connectivity index (χ0) is 25.2. The fraction of sp³-hybridized carbons (Fsp3) is 0.615. The second-order valence-corrected chi connectivity index (χ2v) is 11.3. The highest BCUT2D eigenvalue weighted by molar-refractivity contribution is 6.26. The van der Waals surface area contributed by atoms with Crippen LogP contribution in [0, 0.1) is 34.5 Å². The molecular weight excluding hydrogens is 460 g/mol. The van der Waals surface area contributed by atoms with Gasteiger partial charge in [0.2, 0.25) is 0 Å². The zero-order valence-corrected chi connectivity index (χ0v) is 20.8. The molecule has 0 aromatic heterocycles. The van der Waals surface area contributed by atoms with Crippen LogP contribution in [0.2, 0.25) is 0 Å². The van der Waals surface area contributed by atoms with Crippen LogP contribution in [-0.4, -0.2) is 46.2 Å². The van der Waals surface area contributed by atoms with Crippen molar-refractivity contribution in [3.05, 3.63) is 35.6 Å². The number of ether oxygens (including phenoxy) is 2. The summed E-state index contributed by atoms with van der Waals surface area (Å²) in [7, 11) is 0. The molecule has 0 heterocycles. The number of aliphatic hydroxyl groups excluding tert-OH is 1. The molecule has 8 heteroatoms. The maximum atomic E-state index is 13.2. The SMILES string of the molecule is CC(=O)OCC(=O)[C@H]1[C@H](C)C[C@H]2[C@@H]3C=C(OC(C)=O)C4=CC(=O)C=C[C@]4(C)[C@@]3(Cl)[C@@H](O)C[C@@]21C. The molecular formula is C26H31ClO7. The van der Waals surface area contributed by atoms with Crippen molar-refractivity contribution in [3.8, 4) is 0 Å². The summed E-state index contributed by atoms with van der Waals surface area (Å²) in [6, 6.07) is 0. The van der Waals surface area contributed by atoms with Crippen molar-refractivity contribution >= 4 is 35.1 Å². The third-order valence-corrected chi connectivity index (χ3v) is 9.52. The first-order valence-corrected chi connectivity index (χ1v) is 12.0. The Morgan fingerprint density at radius 1 is 1.21 bits per heavy atom. The minimum Gasteiger partial charge on any atom is -0.458 e. The molecule has 0 unspecified atom stereocenters. The number of hydrogen-bond donors (Lipinski definition) is 1. The minimum atomic E-state index is -1.21. The molecule has 4 aliphatic rings. The average Bonchev–Trinajstić information content (AvgIpc) is 2.99. The fourth-order valence-corrected chi connectivity index (χ4v) is 7.77. The lowest BCUT2D eigenvalue weighted by atomic mass is 9.47. The van der Waals surface area contributed by atoms with Crippen molar-refractivity contribution < 1.29 is 33.8 Å². The van der Waals surface area contributed by atoms with E-state index in [0.717, 1.165) is 0 Å². The van der Waals surface area contributed by atoms with Gasteiger partial charge in [-0.15, -0.1) is 11.6 Å². The van der Waals surface area contributed by atoms with Gasteiger partial charge in [0.1, 0.15) is 12.4 Å². The van der Waals surface area contributed by atoms with Crippen LogP contribution >= 0.6 is 11.6 Å². The quantitative estimate of drug-likeness (QED) is 0.476. The summed E-state index contributed by atoms with van der Waals surface area (Å²) in [5.74, 6) is -2.18. The third kappa shape index (κ3) is 3.42. The molecule has 34 heavy (non-hydrogen) atoms. The first-order chi connectivity index (χ1) is 15.8. The van der Waals surface area contributed by atoms with Crippen LogP contribution in [0.15, 0.2) is 35.6 Å². The summed E-state index contributed by atoms with van der Waals surface area (Å²) >= 11 is 7.41. The van der Waals surface area contributed by atoms with Gasteiger partial charge in [0.25, 0.3) is 0 Å². The minimum absolute atomic E-state index is 0.0249. The van der Waals surface area contributed by atoms with Gasteiger partial charge in [-0.3, -0.25) is 19.2 Å². The van der Waals surface area contributed by atoms with Crippen LogP contribution in [0.4, 0.5) is 0 Å². The maximum absolute atomic E-state index is 13.2. The molecule has 0 aromatic rings. The van der Waals surface area contributed by atoms with Crippen LogP contribution in [0.1, 0.15) is 47.5 Å². The standard InChI is InChI=1S/C26H31ClO7/c1-13-8-17-18-10-21(34-15(3)29)19-9-16(30)6-7-25(19,5)26(18,27)22(32)11-24(17,4)23(13)20(31)12-33-14(2)28/h6-7,9-10,13,17-18,22-23,32H,8,11-12H2,1-5H3/t13-,17+,18+,22+,23-,24+,25+,26+/m1/s1. The number of carbonyl (C=O) groups excluding carboxylic acids is 4. The monoisotopic (exact) mass is 490 g/mol. The summed E-state index contributed by atoms with van der Waals surface area (Å²) in [5.41, 5.74) is -1.11. The number of esters is 2. The van der Waals surface area contributed by atoms with E-state index in [4.69, 9.17) is 21.1 Å². The van der Waals surface area contributed by atoms with E-state index >= 15 is 0 Å². The summed E-state index contributed by atoms with van der Waals surface area (Å²) in [4.78, 5) is 47.4. The molecule has 0 saturated heterocycles. The molecule has 0 amide bonds. The van der Waals surface area contributed by atoms with Crippen molar-refractivity contribution in [2.75, 3.05) is 6.61 Å². The lowest BCUT2D eigenvalue weighted by Crippen LogP contribution is -2.65. The number of allylic oxidation sites excluding steroid dienone is 5. The summed E-state index contributed by atoms with van der Waals surface area (Å²) in [6.07, 6.45) is 6.25. The lowest BCUT2D eigenvalue weighted by molar-refractivity contribution is -0.150. The van der Waals surface area contributed by atoms with E-state index in [2.05, 4.69) is 0 Å². The number of rotatable bonds is 4. The Bertz CT molecular complexity index is 1060. The number of ketones is 2. The predicted octanol–water partition coefficient (Wildman–Crippen LogP) is 3.29. The van der Waals surface area contributed by atoms with E-state index in [1.165, 1.54) is 26.0 Å².